The Kier molecular flexibility index (Phi) is 5.65. The lowest BCUT2D eigenvalue weighted by Gasteiger charge is -2.22. The smallest absolute Gasteiger partial charge is 0.239 e. The van der Waals surface area contributed by atoms with E-state index in [-0.39, 0.29) is 5.91 Å². The summed E-state index contributed by atoms with van der Waals surface area (Å²) < 4.78 is 5.09. The summed E-state index contributed by atoms with van der Waals surface area (Å²) in [6.45, 7) is 5.32. The van der Waals surface area contributed by atoms with Crippen molar-refractivity contribution in [3.05, 3.63) is 29.8 Å². The summed E-state index contributed by atoms with van der Waals surface area (Å²) in [5, 5.41) is 0. The zero-order valence-electron chi connectivity index (χ0n) is 11.3. The molecule has 0 saturated carbocycles. The first-order valence-corrected chi connectivity index (χ1v) is 6.29. The highest BCUT2D eigenvalue weighted by Crippen LogP contribution is 2.12. The number of benzene rings is 1. The predicted octanol–water partition coefficient (Wildman–Crippen LogP) is 1.43. The van der Waals surface area contributed by atoms with Gasteiger partial charge in [-0.1, -0.05) is 12.1 Å². The molecule has 1 atom stereocenters. The quantitative estimate of drug-likeness (QED) is 0.831. The summed E-state index contributed by atoms with van der Waals surface area (Å²) in [6.07, 6.45) is 0.555. The van der Waals surface area contributed by atoms with Crippen molar-refractivity contribution in [2.45, 2.75) is 26.3 Å². The highest BCUT2D eigenvalue weighted by atomic mass is 16.5. The van der Waals surface area contributed by atoms with Crippen LogP contribution in [-0.2, 0) is 11.2 Å². The van der Waals surface area contributed by atoms with Gasteiger partial charge in [-0.15, -0.1) is 0 Å². The minimum Gasteiger partial charge on any atom is -0.497 e. The molecule has 4 heteroatoms. The molecule has 4 nitrogen and oxygen atoms in total. The maximum atomic E-state index is 12.0. The number of ether oxygens (including phenoxy) is 1. The SMILES string of the molecule is CCN(CC)C(=O)[C@H](N)Cc1ccc(OC)cc1. The number of likely N-dealkylation sites (N-methyl/N-ethyl adjacent to an activating group) is 1. The molecule has 2 N–H and O–H groups in total. The first kappa shape index (κ1) is 14.5. The van der Waals surface area contributed by atoms with Crippen LogP contribution in [0.4, 0.5) is 0 Å². The number of rotatable bonds is 6. The van der Waals surface area contributed by atoms with E-state index in [4.69, 9.17) is 10.5 Å². The molecule has 0 heterocycles. The normalized spacial score (nSPS) is 12.0. The topological polar surface area (TPSA) is 55.6 Å². The van der Waals surface area contributed by atoms with Crippen molar-refractivity contribution in [1.82, 2.24) is 4.90 Å². The Morgan fingerprint density at radius 1 is 1.28 bits per heavy atom. The molecule has 0 spiro atoms. The van der Waals surface area contributed by atoms with Gasteiger partial charge in [-0.05, 0) is 38.0 Å². The monoisotopic (exact) mass is 250 g/mol. The maximum Gasteiger partial charge on any atom is 0.239 e. The van der Waals surface area contributed by atoms with Crippen LogP contribution in [0, 0.1) is 0 Å². The molecule has 1 aromatic rings. The summed E-state index contributed by atoms with van der Waals surface area (Å²) in [5.74, 6) is 0.818. The van der Waals surface area contributed by atoms with E-state index in [1.165, 1.54) is 0 Å². The lowest BCUT2D eigenvalue weighted by atomic mass is 10.1. The van der Waals surface area contributed by atoms with Gasteiger partial charge in [0.2, 0.25) is 5.91 Å². The number of amides is 1. The Morgan fingerprint density at radius 2 is 1.83 bits per heavy atom. The highest BCUT2D eigenvalue weighted by Gasteiger charge is 2.18. The Labute approximate surface area is 109 Å². The van der Waals surface area contributed by atoms with Crippen LogP contribution >= 0.6 is 0 Å². The van der Waals surface area contributed by atoms with Gasteiger partial charge in [0.25, 0.3) is 0 Å². The van der Waals surface area contributed by atoms with Crippen molar-refractivity contribution in [3.8, 4) is 5.75 Å². The number of hydrogen-bond donors (Lipinski definition) is 1. The third kappa shape index (κ3) is 3.74. The van der Waals surface area contributed by atoms with E-state index in [0.29, 0.717) is 19.5 Å². The fraction of sp³-hybridized carbons (Fsp3) is 0.500. The van der Waals surface area contributed by atoms with E-state index in [1.54, 1.807) is 12.0 Å². The Morgan fingerprint density at radius 3 is 2.28 bits per heavy atom. The molecule has 18 heavy (non-hydrogen) atoms. The molecule has 100 valence electrons. The fourth-order valence-corrected chi connectivity index (χ4v) is 1.87. The van der Waals surface area contributed by atoms with E-state index in [1.807, 2.05) is 38.1 Å². The number of carbonyl (C=O) groups is 1. The summed E-state index contributed by atoms with van der Waals surface area (Å²) >= 11 is 0. The molecular weight excluding hydrogens is 228 g/mol. The summed E-state index contributed by atoms with van der Waals surface area (Å²) in [7, 11) is 1.63. The van der Waals surface area contributed by atoms with E-state index in [2.05, 4.69) is 0 Å². The number of carbonyl (C=O) groups excluding carboxylic acids is 1. The number of methoxy groups -OCH3 is 1. The Hall–Kier alpha value is -1.55. The Bertz CT molecular complexity index is 372. The van der Waals surface area contributed by atoms with Crippen LogP contribution in [0.2, 0.25) is 0 Å². The van der Waals surface area contributed by atoms with Gasteiger partial charge in [-0.2, -0.15) is 0 Å². The minimum absolute atomic E-state index is 0.0100. The second-order valence-electron chi connectivity index (χ2n) is 4.17. The lowest BCUT2D eigenvalue weighted by Crippen LogP contribution is -2.44. The van der Waals surface area contributed by atoms with Gasteiger partial charge in [-0.3, -0.25) is 4.79 Å². The van der Waals surface area contributed by atoms with Crippen LogP contribution in [0.5, 0.6) is 5.75 Å². The van der Waals surface area contributed by atoms with E-state index < -0.39 is 6.04 Å². The molecule has 0 radical (unpaired) electrons. The standard InChI is InChI=1S/C14H22N2O2/c1-4-16(5-2)14(17)13(15)10-11-6-8-12(18-3)9-7-11/h6-9,13H,4-5,10,15H2,1-3H3/t13-/m1/s1. The van der Waals surface area contributed by atoms with E-state index in [0.717, 1.165) is 11.3 Å². The van der Waals surface area contributed by atoms with Crippen molar-refractivity contribution in [2.24, 2.45) is 5.73 Å². The molecule has 0 bridgehead atoms. The summed E-state index contributed by atoms with van der Waals surface area (Å²) in [5.41, 5.74) is 6.99. The van der Waals surface area contributed by atoms with Crippen molar-refractivity contribution in [1.29, 1.82) is 0 Å². The molecule has 1 amide bonds. The molecule has 0 aromatic heterocycles. The minimum atomic E-state index is -0.474. The van der Waals surface area contributed by atoms with Crippen LogP contribution in [0.1, 0.15) is 19.4 Å². The van der Waals surface area contributed by atoms with Gasteiger partial charge in [0.15, 0.2) is 0 Å². The largest absolute Gasteiger partial charge is 0.497 e. The molecule has 1 aromatic carbocycles. The average Bonchev–Trinajstić information content (AvgIpc) is 2.40. The van der Waals surface area contributed by atoms with Crippen LogP contribution < -0.4 is 10.5 Å². The van der Waals surface area contributed by atoms with Crippen molar-refractivity contribution in [3.63, 3.8) is 0 Å². The van der Waals surface area contributed by atoms with Crippen molar-refractivity contribution in [2.75, 3.05) is 20.2 Å². The van der Waals surface area contributed by atoms with Crippen LogP contribution in [0.3, 0.4) is 0 Å². The number of nitrogens with two attached hydrogens (primary N) is 1. The third-order valence-corrected chi connectivity index (χ3v) is 3.01. The number of hydrogen-bond acceptors (Lipinski definition) is 3. The van der Waals surface area contributed by atoms with Gasteiger partial charge in [0.1, 0.15) is 5.75 Å². The molecule has 1 rings (SSSR count). The van der Waals surface area contributed by atoms with Crippen molar-refractivity contribution >= 4 is 5.91 Å². The molecule has 0 fully saturated rings. The molecule has 0 aliphatic heterocycles. The molecule has 0 unspecified atom stereocenters. The summed E-state index contributed by atoms with van der Waals surface area (Å²) in [6, 6.07) is 7.16. The lowest BCUT2D eigenvalue weighted by molar-refractivity contribution is -0.132. The zero-order valence-corrected chi connectivity index (χ0v) is 11.3. The molecule has 0 aliphatic rings. The van der Waals surface area contributed by atoms with E-state index in [9.17, 15) is 4.79 Å². The van der Waals surface area contributed by atoms with Gasteiger partial charge in [0.05, 0.1) is 13.2 Å². The molecule has 0 saturated heterocycles. The van der Waals surface area contributed by atoms with Crippen LogP contribution in [0.25, 0.3) is 0 Å². The average molecular weight is 250 g/mol. The second kappa shape index (κ2) is 7.01. The van der Waals surface area contributed by atoms with Gasteiger partial charge in [0, 0.05) is 13.1 Å². The third-order valence-electron chi connectivity index (χ3n) is 3.01. The predicted molar refractivity (Wildman–Crippen MR) is 72.6 cm³/mol. The first-order chi connectivity index (χ1) is 8.62. The number of nitrogens with zero attached hydrogens (tertiary/aromatic N) is 1. The molecular formula is C14H22N2O2. The van der Waals surface area contributed by atoms with Crippen LogP contribution in [0.15, 0.2) is 24.3 Å². The zero-order chi connectivity index (χ0) is 13.5. The molecule has 0 aliphatic carbocycles. The highest BCUT2D eigenvalue weighted by molar-refractivity contribution is 5.81. The summed E-state index contributed by atoms with van der Waals surface area (Å²) in [4.78, 5) is 13.8. The Balaban J connectivity index is 2.62. The van der Waals surface area contributed by atoms with Crippen LogP contribution in [-0.4, -0.2) is 37.0 Å². The van der Waals surface area contributed by atoms with Gasteiger partial charge >= 0.3 is 0 Å². The first-order valence-electron chi connectivity index (χ1n) is 6.29. The van der Waals surface area contributed by atoms with Gasteiger partial charge < -0.3 is 15.4 Å². The maximum absolute atomic E-state index is 12.0. The fourth-order valence-electron chi connectivity index (χ4n) is 1.87. The van der Waals surface area contributed by atoms with E-state index >= 15 is 0 Å². The van der Waals surface area contributed by atoms with Gasteiger partial charge in [-0.25, -0.2) is 0 Å². The second-order valence-corrected chi connectivity index (χ2v) is 4.17. The van der Waals surface area contributed by atoms with Crippen molar-refractivity contribution < 1.29 is 9.53 Å².